The Morgan fingerprint density at radius 3 is 2.31 bits per heavy atom. The Kier molecular flexibility index (Phi) is 7.05. The van der Waals surface area contributed by atoms with Crippen molar-refractivity contribution in [1.29, 1.82) is 0 Å². The monoisotopic (exact) mass is 362 g/mol. The van der Waals surface area contributed by atoms with E-state index in [1.165, 1.54) is 6.92 Å². The number of methoxy groups -OCH3 is 2. The number of ether oxygens (including phenoxy) is 2. The fourth-order valence-corrected chi connectivity index (χ4v) is 2.50. The molecule has 26 heavy (non-hydrogen) atoms. The molecule has 142 valence electrons. The fraction of sp³-hybridized carbons (Fsp3) is 0.529. The van der Waals surface area contributed by atoms with E-state index in [2.05, 4.69) is 20.4 Å². The second kappa shape index (κ2) is 9.25. The summed E-state index contributed by atoms with van der Waals surface area (Å²) in [5.74, 6) is 1.29. The predicted molar refractivity (Wildman–Crippen MR) is 98.9 cm³/mol. The van der Waals surface area contributed by atoms with Gasteiger partial charge in [-0.3, -0.25) is 4.79 Å². The summed E-state index contributed by atoms with van der Waals surface area (Å²) in [7, 11) is 3.30. The van der Waals surface area contributed by atoms with Gasteiger partial charge in [-0.1, -0.05) is 0 Å². The van der Waals surface area contributed by atoms with Crippen LogP contribution in [0.3, 0.4) is 0 Å². The minimum absolute atomic E-state index is 0.200. The molecule has 0 aromatic carbocycles. The van der Waals surface area contributed by atoms with Crippen LogP contribution in [0.2, 0.25) is 0 Å². The third-order valence-corrected chi connectivity index (χ3v) is 3.66. The van der Waals surface area contributed by atoms with Crippen molar-refractivity contribution in [2.75, 3.05) is 50.7 Å². The maximum atomic E-state index is 11.5. The van der Waals surface area contributed by atoms with Gasteiger partial charge in [0.1, 0.15) is 11.6 Å². The molecular weight excluding hydrogens is 336 g/mol. The molecule has 2 aromatic rings. The molecule has 9 heteroatoms. The van der Waals surface area contributed by atoms with E-state index >= 15 is 0 Å². The first-order valence-electron chi connectivity index (χ1n) is 8.37. The highest BCUT2D eigenvalue weighted by Crippen LogP contribution is 2.19. The van der Waals surface area contributed by atoms with Crippen molar-refractivity contribution in [2.45, 2.75) is 20.8 Å². The van der Waals surface area contributed by atoms with E-state index < -0.39 is 0 Å². The maximum Gasteiger partial charge on any atom is 0.254 e. The molecule has 0 saturated heterocycles. The molecule has 1 N–H and O–H groups in total. The zero-order valence-corrected chi connectivity index (χ0v) is 15.9. The Hall–Kier alpha value is -2.52. The number of anilines is 2. The highest BCUT2D eigenvalue weighted by atomic mass is 16.5. The van der Waals surface area contributed by atoms with E-state index in [0.29, 0.717) is 43.9 Å². The first-order valence-corrected chi connectivity index (χ1v) is 8.37. The van der Waals surface area contributed by atoms with Crippen molar-refractivity contribution in [3.8, 4) is 5.95 Å². The van der Waals surface area contributed by atoms with Gasteiger partial charge in [-0.2, -0.15) is 15.1 Å². The minimum atomic E-state index is -0.200. The third kappa shape index (κ3) is 5.24. The number of aromatic nitrogens is 4. The molecule has 0 aliphatic rings. The number of rotatable bonds is 9. The summed E-state index contributed by atoms with van der Waals surface area (Å²) in [5, 5.41) is 7.16. The number of carbonyl (C=O) groups is 1. The maximum absolute atomic E-state index is 11.5. The summed E-state index contributed by atoms with van der Waals surface area (Å²) in [6.07, 6.45) is 0. The lowest BCUT2D eigenvalue weighted by molar-refractivity contribution is -0.114. The average Bonchev–Trinajstić information content (AvgIpc) is 2.92. The summed E-state index contributed by atoms with van der Waals surface area (Å²) in [6, 6.07) is 3.68. The van der Waals surface area contributed by atoms with E-state index in [-0.39, 0.29) is 5.91 Å². The summed E-state index contributed by atoms with van der Waals surface area (Å²) in [4.78, 5) is 22.6. The van der Waals surface area contributed by atoms with Crippen molar-refractivity contribution >= 4 is 17.5 Å². The number of carbonyl (C=O) groups excluding carboxylic acids is 1. The molecule has 0 fully saturated rings. The van der Waals surface area contributed by atoms with Gasteiger partial charge in [-0.15, -0.1) is 0 Å². The quantitative estimate of drug-likeness (QED) is 0.719. The molecule has 2 aromatic heterocycles. The lowest BCUT2D eigenvalue weighted by atomic mass is 10.4. The second-order valence-corrected chi connectivity index (χ2v) is 5.90. The normalized spacial score (nSPS) is 10.8. The van der Waals surface area contributed by atoms with Gasteiger partial charge in [-0.05, 0) is 19.9 Å². The second-order valence-electron chi connectivity index (χ2n) is 5.90. The molecule has 2 heterocycles. The SMILES string of the molecule is COCCN(CCOC)c1cc(NC(C)=O)nc(-n2nc(C)cc2C)n1. The standard InChI is InChI=1S/C17H26N6O3/c1-12-10-13(2)23(21-12)17-19-15(18-14(3)24)11-16(20-17)22(6-8-25-4)7-9-26-5/h10-11H,6-9H2,1-5H3,(H,18,19,20,24). The van der Waals surface area contributed by atoms with Crippen LogP contribution in [0.15, 0.2) is 12.1 Å². The highest BCUT2D eigenvalue weighted by Gasteiger charge is 2.15. The van der Waals surface area contributed by atoms with E-state index in [4.69, 9.17) is 9.47 Å². The van der Waals surface area contributed by atoms with Gasteiger partial charge < -0.3 is 19.7 Å². The molecular formula is C17H26N6O3. The van der Waals surface area contributed by atoms with Crippen molar-refractivity contribution < 1.29 is 14.3 Å². The number of amides is 1. The summed E-state index contributed by atoms with van der Waals surface area (Å²) < 4.78 is 12.0. The lowest BCUT2D eigenvalue weighted by Crippen LogP contribution is -2.32. The van der Waals surface area contributed by atoms with Gasteiger partial charge in [0.15, 0.2) is 0 Å². The highest BCUT2D eigenvalue weighted by molar-refractivity contribution is 5.88. The third-order valence-electron chi connectivity index (χ3n) is 3.66. The molecule has 9 nitrogen and oxygen atoms in total. The minimum Gasteiger partial charge on any atom is -0.383 e. The topological polar surface area (TPSA) is 94.4 Å². The van der Waals surface area contributed by atoms with Crippen LogP contribution in [0, 0.1) is 13.8 Å². The zero-order valence-electron chi connectivity index (χ0n) is 15.9. The van der Waals surface area contributed by atoms with Gasteiger partial charge in [0, 0.05) is 46.0 Å². The van der Waals surface area contributed by atoms with Crippen LogP contribution >= 0.6 is 0 Å². The van der Waals surface area contributed by atoms with Gasteiger partial charge in [0.05, 0.1) is 18.9 Å². The van der Waals surface area contributed by atoms with E-state index in [0.717, 1.165) is 11.4 Å². The van der Waals surface area contributed by atoms with Gasteiger partial charge >= 0.3 is 0 Å². The van der Waals surface area contributed by atoms with Crippen LogP contribution in [0.5, 0.6) is 0 Å². The van der Waals surface area contributed by atoms with Crippen molar-refractivity contribution in [1.82, 2.24) is 19.7 Å². The first kappa shape index (κ1) is 19.8. The number of nitrogens with zero attached hydrogens (tertiary/aromatic N) is 5. The number of nitrogens with one attached hydrogen (secondary N) is 1. The van der Waals surface area contributed by atoms with Crippen molar-refractivity contribution in [3.63, 3.8) is 0 Å². The van der Waals surface area contributed by atoms with E-state index in [9.17, 15) is 4.79 Å². The largest absolute Gasteiger partial charge is 0.383 e. The van der Waals surface area contributed by atoms with Crippen LogP contribution in [-0.2, 0) is 14.3 Å². The van der Waals surface area contributed by atoms with Crippen LogP contribution in [0.1, 0.15) is 18.3 Å². The van der Waals surface area contributed by atoms with Crippen molar-refractivity contribution in [3.05, 3.63) is 23.5 Å². The summed E-state index contributed by atoms with van der Waals surface area (Å²) in [5.41, 5.74) is 1.78. The molecule has 0 bridgehead atoms. The van der Waals surface area contributed by atoms with Crippen LogP contribution < -0.4 is 10.2 Å². The fourth-order valence-electron chi connectivity index (χ4n) is 2.50. The molecule has 0 saturated carbocycles. The Morgan fingerprint density at radius 1 is 1.15 bits per heavy atom. The van der Waals surface area contributed by atoms with Crippen LogP contribution in [0.25, 0.3) is 5.95 Å². The molecule has 0 radical (unpaired) electrons. The lowest BCUT2D eigenvalue weighted by Gasteiger charge is -2.24. The smallest absolute Gasteiger partial charge is 0.254 e. The summed E-state index contributed by atoms with van der Waals surface area (Å²) >= 11 is 0. The Labute approximate surface area is 153 Å². The molecule has 0 unspecified atom stereocenters. The van der Waals surface area contributed by atoms with E-state index in [1.54, 1.807) is 25.0 Å². The number of aryl methyl sites for hydroxylation is 2. The van der Waals surface area contributed by atoms with E-state index in [1.807, 2.05) is 24.8 Å². The number of hydrogen-bond donors (Lipinski definition) is 1. The molecule has 0 aliphatic heterocycles. The van der Waals surface area contributed by atoms with Gasteiger partial charge in [0.2, 0.25) is 5.91 Å². The van der Waals surface area contributed by atoms with Crippen molar-refractivity contribution in [2.24, 2.45) is 0 Å². The Bertz CT molecular complexity index is 738. The van der Waals surface area contributed by atoms with Gasteiger partial charge in [0.25, 0.3) is 5.95 Å². The van der Waals surface area contributed by atoms with Crippen LogP contribution in [0.4, 0.5) is 11.6 Å². The van der Waals surface area contributed by atoms with Gasteiger partial charge in [-0.25, -0.2) is 4.68 Å². The predicted octanol–water partition coefficient (Wildman–Crippen LogP) is 1.34. The molecule has 0 aliphatic carbocycles. The number of hydrogen-bond acceptors (Lipinski definition) is 7. The van der Waals surface area contributed by atoms with Crippen LogP contribution in [-0.4, -0.2) is 66.2 Å². The summed E-state index contributed by atoms with van der Waals surface area (Å²) in [6.45, 7) is 7.63. The Morgan fingerprint density at radius 2 is 1.81 bits per heavy atom. The Balaban J connectivity index is 2.46. The molecule has 0 spiro atoms. The zero-order chi connectivity index (χ0) is 19.1. The first-order chi connectivity index (χ1) is 12.4. The molecule has 2 rings (SSSR count). The average molecular weight is 362 g/mol. The molecule has 0 atom stereocenters. The molecule has 1 amide bonds.